The fourth-order valence-corrected chi connectivity index (χ4v) is 5.52. The van der Waals surface area contributed by atoms with Gasteiger partial charge in [0.25, 0.3) is 0 Å². The van der Waals surface area contributed by atoms with Crippen molar-refractivity contribution in [2.75, 3.05) is 5.32 Å². The third kappa shape index (κ3) is 4.52. The zero-order valence-corrected chi connectivity index (χ0v) is 19.0. The van der Waals surface area contributed by atoms with Gasteiger partial charge in [0.15, 0.2) is 5.78 Å². The van der Waals surface area contributed by atoms with E-state index in [1.54, 1.807) is 41.9 Å². The summed E-state index contributed by atoms with van der Waals surface area (Å²) in [4.78, 5) is 35.3. The molecule has 0 bridgehead atoms. The summed E-state index contributed by atoms with van der Waals surface area (Å²) < 4.78 is 0. The van der Waals surface area contributed by atoms with Crippen LogP contribution in [-0.2, 0) is 4.79 Å². The van der Waals surface area contributed by atoms with Crippen molar-refractivity contribution < 1.29 is 9.59 Å². The molecule has 31 heavy (non-hydrogen) atoms. The summed E-state index contributed by atoms with van der Waals surface area (Å²) in [5.41, 5.74) is 3.52. The summed E-state index contributed by atoms with van der Waals surface area (Å²) in [5, 5.41) is 4.20. The molecule has 5 nitrogen and oxygen atoms in total. The summed E-state index contributed by atoms with van der Waals surface area (Å²) in [7, 11) is 0. The number of anilines is 1. The highest BCUT2D eigenvalue weighted by molar-refractivity contribution is 8.00. The predicted octanol–water partition coefficient (Wildman–Crippen LogP) is 5.99. The highest BCUT2D eigenvalue weighted by Gasteiger charge is 2.22. The number of thioether (sulfide) groups is 1. The van der Waals surface area contributed by atoms with Gasteiger partial charge >= 0.3 is 0 Å². The monoisotopic (exact) mass is 447 g/mol. The number of hydrogen-bond acceptors (Lipinski definition) is 6. The number of ketones is 1. The molecule has 156 valence electrons. The number of fused-ring (bicyclic) bond motifs is 1. The molecule has 0 spiro atoms. The van der Waals surface area contributed by atoms with E-state index in [2.05, 4.69) is 34.3 Å². The Bertz CT molecular complexity index is 1250. The molecule has 0 aliphatic heterocycles. The van der Waals surface area contributed by atoms with E-state index in [-0.39, 0.29) is 16.9 Å². The lowest BCUT2D eigenvalue weighted by atomic mass is 10.0. The van der Waals surface area contributed by atoms with Crippen LogP contribution in [0.3, 0.4) is 0 Å². The average Bonchev–Trinajstić information content (AvgIpc) is 3.10. The Morgan fingerprint density at radius 2 is 1.74 bits per heavy atom. The van der Waals surface area contributed by atoms with Crippen LogP contribution in [0.15, 0.2) is 66.0 Å². The van der Waals surface area contributed by atoms with Gasteiger partial charge in [-0.05, 0) is 43.7 Å². The standard InChI is InChI=1S/C24H21N3O2S2/c1-14-20(17-7-5-4-6-8-17)21-23(30-14)25-13-26-24(21)31-15(2)22(29)18-9-11-19(12-10-18)27-16(3)28/h4-13,15H,1-3H3,(H,27,28). The topological polar surface area (TPSA) is 72.0 Å². The lowest BCUT2D eigenvalue weighted by Crippen LogP contribution is -2.14. The number of nitrogens with zero attached hydrogens (tertiary/aromatic N) is 2. The fraction of sp³-hybridized carbons (Fsp3) is 0.167. The number of benzene rings is 2. The molecule has 7 heteroatoms. The summed E-state index contributed by atoms with van der Waals surface area (Å²) >= 11 is 3.09. The lowest BCUT2D eigenvalue weighted by Gasteiger charge is -2.12. The first-order valence-corrected chi connectivity index (χ1v) is 11.5. The molecule has 0 aliphatic carbocycles. The number of nitrogens with one attached hydrogen (secondary N) is 1. The van der Waals surface area contributed by atoms with E-state index in [4.69, 9.17) is 0 Å². The van der Waals surface area contributed by atoms with Crippen LogP contribution in [0.2, 0.25) is 0 Å². The van der Waals surface area contributed by atoms with E-state index in [1.807, 2.05) is 25.1 Å². The van der Waals surface area contributed by atoms with Crippen molar-refractivity contribution in [2.24, 2.45) is 0 Å². The number of hydrogen-bond donors (Lipinski definition) is 1. The van der Waals surface area contributed by atoms with Crippen molar-refractivity contribution in [1.82, 2.24) is 9.97 Å². The zero-order chi connectivity index (χ0) is 22.0. The van der Waals surface area contributed by atoms with Crippen LogP contribution in [-0.4, -0.2) is 26.9 Å². The normalized spacial score (nSPS) is 12.0. The van der Waals surface area contributed by atoms with E-state index in [0.717, 1.165) is 26.4 Å². The van der Waals surface area contributed by atoms with Gasteiger partial charge in [-0.1, -0.05) is 42.1 Å². The van der Waals surface area contributed by atoms with Gasteiger partial charge < -0.3 is 5.32 Å². The van der Waals surface area contributed by atoms with Gasteiger partial charge in [0.05, 0.1) is 10.6 Å². The second-order valence-corrected chi connectivity index (χ2v) is 9.67. The van der Waals surface area contributed by atoms with Crippen LogP contribution < -0.4 is 5.32 Å². The van der Waals surface area contributed by atoms with Gasteiger partial charge in [-0.2, -0.15) is 0 Å². The molecule has 0 saturated heterocycles. The first-order chi connectivity index (χ1) is 14.9. The zero-order valence-electron chi connectivity index (χ0n) is 17.4. The molecule has 1 N–H and O–H groups in total. The van der Waals surface area contributed by atoms with Crippen molar-refractivity contribution in [1.29, 1.82) is 0 Å². The maximum Gasteiger partial charge on any atom is 0.221 e. The third-order valence-electron chi connectivity index (χ3n) is 4.84. The number of aromatic nitrogens is 2. The molecule has 0 saturated carbocycles. The SMILES string of the molecule is CC(=O)Nc1ccc(C(=O)C(C)Sc2ncnc3sc(C)c(-c4ccccc4)c23)cc1. The number of amides is 1. The second kappa shape index (κ2) is 8.99. The van der Waals surface area contributed by atoms with Crippen molar-refractivity contribution in [3.8, 4) is 11.1 Å². The van der Waals surface area contributed by atoms with E-state index in [1.165, 1.54) is 23.6 Å². The first-order valence-electron chi connectivity index (χ1n) is 9.82. The quantitative estimate of drug-likeness (QED) is 0.223. The van der Waals surface area contributed by atoms with Gasteiger partial charge in [-0.3, -0.25) is 9.59 Å². The number of carbonyl (C=O) groups is 2. The molecular weight excluding hydrogens is 426 g/mol. The highest BCUT2D eigenvalue weighted by Crippen LogP contribution is 2.42. The Kier molecular flexibility index (Phi) is 6.15. The number of thiophene rings is 1. The van der Waals surface area contributed by atoms with E-state index in [0.29, 0.717) is 11.3 Å². The van der Waals surface area contributed by atoms with Crippen molar-refractivity contribution in [2.45, 2.75) is 31.0 Å². The number of aryl methyl sites for hydroxylation is 1. The summed E-state index contributed by atoms with van der Waals surface area (Å²) in [6.07, 6.45) is 1.56. The molecule has 0 aliphatic rings. The summed E-state index contributed by atoms with van der Waals surface area (Å²) in [6, 6.07) is 17.2. The van der Waals surface area contributed by atoms with Crippen LogP contribution in [0.5, 0.6) is 0 Å². The Labute approximate surface area is 188 Å². The maximum absolute atomic E-state index is 13.0. The molecule has 1 unspecified atom stereocenters. The molecule has 1 atom stereocenters. The van der Waals surface area contributed by atoms with Crippen molar-refractivity contribution in [3.63, 3.8) is 0 Å². The largest absolute Gasteiger partial charge is 0.326 e. The minimum absolute atomic E-state index is 0.0133. The fourth-order valence-electron chi connectivity index (χ4n) is 3.44. The highest BCUT2D eigenvalue weighted by atomic mass is 32.2. The Hall–Kier alpha value is -3.03. The number of carbonyl (C=O) groups excluding carboxylic acids is 2. The molecule has 0 radical (unpaired) electrons. The predicted molar refractivity (Wildman–Crippen MR) is 128 cm³/mol. The first kappa shape index (κ1) is 21.2. The minimum Gasteiger partial charge on any atom is -0.326 e. The second-order valence-electron chi connectivity index (χ2n) is 7.14. The van der Waals surface area contributed by atoms with Gasteiger partial charge in [0.1, 0.15) is 16.2 Å². The van der Waals surface area contributed by atoms with Crippen LogP contribution in [0, 0.1) is 6.92 Å². The molecular formula is C24H21N3O2S2. The molecule has 1 amide bonds. The van der Waals surface area contributed by atoms with Gasteiger partial charge in [0, 0.05) is 28.6 Å². The molecule has 0 fully saturated rings. The molecule has 2 heterocycles. The van der Waals surface area contributed by atoms with Crippen LogP contribution in [0.4, 0.5) is 5.69 Å². The Balaban J connectivity index is 1.64. The smallest absolute Gasteiger partial charge is 0.221 e. The third-order valence-corrected chi connectivity index (χ3v) is 6.95. The number of Topliss-reactive ketones (excluding diaryl/α,β-unsaturated/α-hetero) is 1. The minimum atomic E-state index is -0.325. The molecule has 2 aromatic carbocycles. The van der Waals surface area contributed by atoms with Gasteiger partial charge in [0.2, 0.25) is 5.91 Å². The van der Waals surface area contributed by atoms with Gasteiger partial charge in [-0.25, -0.2) is 9.97 Å². The van der Waals surface area contributed by atoms with E-state index in [9.17, 15) is 9.59 Å². The van der Waals surface area contributed by atoms with Crippen molar-refractivity contribution >= 4 is 50.7 Å². The molecule has 4 rings (SSSR count). The Morgan fingerprint density at radius 1 is 1.03 bits per heavy atom. The van der Waals surface area contributed by atoms with Crippen LogP contribution in [0.1, 0.15) is 29.1 Å². The van der Waals surface area contributed by atoms with Gasteiger partial charge in [-0.15, -0.1) is 11.3 Å². The lowest BCUT2D eigenvalue weighted by molar-refractivity contribution is -0.114. The molecule has 4 aromatic rings. The number of rotatable bonds is 6. The van der Waals surface area contributed by atoms with E-state index >= 15 is 0 Å². The van der Waals surface area contributed by atoms with Crippen LogP contribution >= 0.6 is 23.1 Å². The molecule has 2 aromatic heterocycles. The van der Waals surface area contributed by atoms with Crippen LogP contribution in [0.25, 0.3) is 21.3 Å². The summed E-state index contributed by atoms with van der Waals surface area (Å²) in [5.74, 6) is -0.129. The van der Waals surface area contributed by atoms with E-state index < -0.39 is 0 Å². The summed E-state index contributed by atoms with van der Waals surface area (Å²) in [6.45, 7) is 5.44. The average molecular weight is 448 g/mol. The Morgan fingerprint density at radius 3 is 2.42 bits per heavy atom. The van der Waals surface area contributed by atoms with Crippen molar-refractivity contribution in [3.05, 3.63) is 71.4 Å². The maximum atomic E-state index is 13.0.